The number of halogens is 1. The third-order valence-electron chi connectivity index (χ3n) is 4.70. The minimum Gasteiger partial charge on any atom is -0.493 e. The Balaban J connectivity index is 0.00000256. The topological polar surface area (TPSA) is 76.2 Å². The number of fused-ring (bicyclic) bond motifs is 1. The van der Waals surface area contributed by atoms with Gasteiger partial charge in [-0.2, -0.15) is 0 Å². The molecular formula is C23H22ClN3O3. The summed E-state index contributed by atoms with van der Waals surface area (Å²) >= 11 is 0. The Morgan fingerprint density at radius 3 is 2.37 bits per heavy atom. The zero-order valence-electron chi connectivity index (χ0n) is 16.9. The lowest BCUT2D eigenvalue weighted by atomic mass is 10.1. The van der Waals surface area contributed by atoms with Crippen LogP contribution in [0.2, 0.25) is 0 Å². The number of carbonyl (C=O) groups excluding carboxylic acids is 1. The highest BCUT2D eigenvalue weighted by Gasteiger charge is 2.12. The van der Waals surface area contributed by atoms with Crippen LogP contribution in [0.4, 0.5) is 5.69 Å². The van der Waals surface area contributed by atoms with E-state index in [1.165, 1.54) is 12.7 Å². The Bertz CT molecular complexity index is 1190. The van der Waals surface area contributed by atoms with E-state index in [1.807, 2.05) is 36.4 Å². The first-order valence-electron chi connectivity index (χ1n) is 9.17. The fraction of sp³-hybridized carbons (Fsp3) is 0.130. The molecule has 3 aromatic carbocycles. The van der Waals surface area contributed by atoms with Crippen LogP contribution in [0.5, 0.6) is 11.5 Å². The molecule has 154 valence electrons. The molecule has 0 unspecified atom stereocenters. The highest BCUT2D eigenvalue weighted by Crippen LogP contribution is 2.28. The van der Waals surface area contributed by atoms with Crippen molar-refractivity contribution in [3.05, 3.63) is 71.8 Å². The number of carbonyl (C=O) groups is 1. The van der Waals surface area contributed by atoms with Gasteiger partial charge in [-0.1, -0.05) is 6.07 Å². The molecule has 0 saturated carbocycles. The van der Waals surface area contributed by atoms with Crippen LogP contribution in [0.25, 0.3) is 22.4 Å². The van der Waals surface area contributed by atoms with Gasteiger partial charge in [-0.3, -0.25) is 4.79 Å². The standard InChI is InChI=1S/C23H21N3O3.ClH/c1-14-4-10-18-19(12-14)26-22(25-18)15-5-8-17(9-6-15)24-23(27)16-7-11-20(28-2)21(13-16)29-3;/h4-13H,1-3H3,(H,24,27)(H,25,26);1H. The summed E-state index contributed by atoms with van der Waals surface area (Å²) in [6.45, 7) is 2.05. The van der Waals surface area contributed by atoms with Crippen LogP contribution < -0.4 is 14.8 Å². The second-order valence-corrected chi connectivity index (χ2v) is 6.71. The van der Waals surface area contributed by atoms with E-state index >= 15 is 0 Å². The van der Waals surface area contributed by atoms with Crippen LogP contribution in [0, 0.1) is 6.92 Å². The van der Waals surface area contributed by atoms with Crippen molar-refractivity contribution in [1.82, 2.24) is 9.97 Å². The predicted molar refractivity (Wildman–Crippen MR) is 121 cm³/mol. The number of benzene rings is 3. The maximum atomic E-state index is 12.6. The van der Waals surface area contributed by atoms with Gasteiger partial charge in [0.15, 0.2) is 11.5 Å². The Labute approximate surface area is 180 Å². The molecule has 0 fully saturated rings. The summed E-state index contributed by atoms with van der Waals surface area (Å²) in [5, 5.41) is 2.89. The zero-order chi connectivity index (χ0) is 20.4. The van der Waals surface area contributed by atoms with Gasteiger partial charge >= 0.3 is 0 Å². The molecule has 0 aliphatic carbocycles. The number of rotatable bonds is 5. The van der Waals surface area contributed by atoms with Gasteiger partial charge in [0.25, 0.3) is 5.91 Å². The molecule has 0 aliphatic rings. The first-order valence-corrected chi connectivity index (χ1v) is 9.17. The fourth-order valence-corrected chi connectivity index (χ4v) is 3.15. The van der Waals surface area contributed by atoms with E-state index in [2.05, 4.69) is 28.3 Å². The number of amides is 1. The van der Waals surface area contributed by atoms with Gasteiger partial charge in [0.05, 0.1) is 25.3 Å². The number of nitrogens with zero attached hydrogens (tertiary/aromatic N) is 1. The first-order chi connectivity index (χ1) is 14.1. The van der Waals surface area contributed by atoms with Gasteiger partial charge in [-0.25, -0.2) is 4.98 Å². The van der Waals surface area contributed by atoms with E-state index in [4.69, 9.17) is 9.47 Å². The van der Waals surface area contributed by atoms with E-state index < -0.39 is 0 Å². The van der Waals surface area contributed by atoms with Crippen LogP contribution >= 0.6 is 12.4 Å². The van der Waals surface area contributed by atoms with Crippen molar-refractivity contribution in [1.29, 1.82) is 0 Å². The van der Waals surface area contributed by atoms with E-state index in [-0.39, 0.29) is 18.3 Å². The number of aromatic amines is 1. The largest absolute Gasteiger partial charge is 0.493 e. The second-order valence-electron chi connectivity index (χ2n) is 6.71. The molecule has 0 bridgehead atoms. The molecule has 7 heteroatoms. The second kappa shape index (κ2) is 8.88. The number of H-pyrrole nitrogens is 1. The van der Waals surface area contributed by atoms with Crippen molar-refractivity contribution in [2.45, 2.75) is 6.92 Å². The highest BCUT2D eigenvalue weighted by atomic mass is 35.5. The number of anilines is 1. The molecule has 0 atom stereocenters. The molecule has 0 saturated heterocycles. The number of hydrogen-bond acceptors (Lipinski definition) is 4. The molecule has 1 amide bonds. The van der Waals surface area contributed by atoms with Crippen molar-refractivity contribution in [3.8, 4) is 22.9 Å². The third-order valence-corrected chi connectivity index (χ3v) is 4.70. The molecule has 1 heterocycles. The van der Waals surface area contributed by atoms with Crippen LogP contribution in [0.3, 0.4) is 0 Å². The lowest BCUT2D eigenvalue weighted by molar-refractivity contribution is 0.102. The summed E-state index contributed by atoms with van der Waals surface area (Å²) in [6, 6.07) is 18.7. The Hall–Kier alpha value is -3.51. The monoisotopic (exact) mass is 423 g/mol. The minimum absolute atomic E-state index is 0. The molecule has 30 heavy (non-hydrogen) atoms. The van der Waals surface area contributed by atoms with Crippen molar-refractivity contribution < 1.29 is 14.3 Å². The van der Waals surface area contributed by atoms with E-state index in [0.717, 1.165) is 22.4 Å². The number of methoxy groups -OCH3 is 2. The summed E-state index contributed by atoms with van der Waals surface area (Å²) in [5.41, 5.74) is 5.24. The van der Waals surface area contributed by atoms with Crippen LogP contribution in [0.1, 0.15) is 15.9 Å². The average Bonchev–Trinajstić information content (AvgIpc) is 3.16. The predicted octanol–water partition coefficient (Wildman–Crippen LogP) is 5.23. The van der Waals surface area contributed by atoms with Crippen molar-refractivity contribution >= 4 is 35.0 Å². The maximum absolute atomic E-state index is 12.6. The lowest BCUT2D eigenvalue weighted by Crippen LogP contribution is -2.12. The highest BCUT2D eigenvalue weighted by molar-refractivity contribution is 6.04. The molecule has 0 radical (unpaired) electrons. The maximum Gasteiger partial charge on any atom is 0.255 e. The number of nitrogens with one attached hydrogen (secondary N) is 2. The molecule has 4 aromatic rings. The summed E-state index contributed by atoms with van der Waals surface area (Å²) in [4.78, 5) is 20.5. The van der Waals surface area contributed by atoms with Crippen molar-refractivity contribution in [2.75, 3.05) is 19.5 Å². The number of aromatic nitrogens is 2. The van der Waals surface area contributed by atoms with Gasteiger partial charge < -0.3 is 19.8 Å². The van der Waals surface area contributed by atoms with E-state index in [1.54, 1.807) is 25.3 Å². The minimum atomic E-state index is -0.224. The van der Waals surface area contributed by atoms with Gasteiger partial charge in [0.1, 0.15) is 5.82 Å². The Morgan fingerprint density at radius 1 is 0.933 bits per heavy atom. The molecule has 2 N–H and O–H groups in total. The fourth-order valence-electron chi connectivity index (χ4n) is 3.15. The van der Waals surface area contributed by atoms with Gasteiger partial charge in [0, 0.05) is 16.8 Å². The summed E-state index contributed by atoms with van der Waals surface area (Å²) in [5.74, 6) is 1.66. The number of ether oxygens (including phenoxy) is 2. The summed E-state index contributed by atoms with van der Waals surface area (Å²) in [7, 11) is 3.10. The molecular weight excluding hydrogens is 402 g/mol. The van der Waals surface area contributed by atoms with Crippen molar-refractivity contribution in [3.63, 3.8) is 0 Å². The first kappa shape index (κ1) is 21.2. The van der Waals surface area contributed by atoms with E-state index in [0.29, 0.717) is 22.7 Å². The van der Waals surface area contributed by atoms with Crippen LogP contribution in [-0.2, 0) is 0 Å². The van der Waals surface area contributed by atoms with Gasteiger partial charge in [-0.05, 0) is 67.1 Å². The molecule has 0 aliphatic heterocycles. The summed E-state index contributed by atoms with van der Waals surface area (Å²) in [6.07, 6.45) is 0. The molecule has 1 aromatic heterocycles. The number of aryl methyl sites for hydroxylation is 1. The van der Waals surface area contributed by atoms with Crippen molar-refractivity contribution in [2.24, 2.45) is 0 Å². The average molecular weight is 424 g/mol. The smallest absolute Gasteiger partial charge is 0.255 e. The van der Waals surface area contributed by atoms with E-state index in [9.17, 15) is 4.79 Å². The quantitative estimate of drug-likeness (QED) is 0.460. The van der Waals surface area contributed by atoms with Gasteiger partial charge in [0.2, 0.25) is 0 Å². The molecule has 4 rings (SSSR count). The van der Waals surface area contributed by atoms with Gasteiger partial charge in [-0.15, -0.1) is 12.4 Å². The number of hydrogen-bond donors (Lipinski definition) is 2. The Morgan fingerprint density at radius 2 is 1.67 bits per heavy atom. The molecule has 6 nitrogen and oxygen atoms in total. The third kappa shape index (κ3) is 4.23. The van der Waals surface area contributed by atoms with Crippen LogP contribution in [0.15, 0.2) is 60.7 Å². The SMILES string of the molecule is COc1ccc(C(=O)Nc2ccc(-c3nc4ccc(C)cc4[nH]3)cc2)cc1OC.Cl. The lowest BCUT2D eigenvalue weighted by Gasteiger charge is -2.10. The number of imidazole rings is 1. The normalized spacial score (nSPS) is 10.4. The Kier molecular flexibility index (Phi) is 6.28. The van der Waals surface area contributed by atoms with Crippen LogP contribution in [-0.4, -0.2) is 30.1 Å². The molecule has 0 spiro atoms. The zero-order valence-corrected chi connectivity index (χ0v) is 17.7. The summed E-state index contributed by atoms with van der Waals surface area (Å²) < 4.78 is 10.5.